The van der Waals surface area contributed by atoms with Crippen LogP contribution in [0.5, 0.6) is 0 Å². The number of rotatable bonds is 4. The van der Waals surface area contributed by atoms with E-state index in [-0.39, 0.29) is 23.0 Å². The van der Waals surface area contributed by atoms with E-state index in [4.69, 9.17) is 0 Å². The van der Waals surface area contributed by atoms with Gasteiger partial charge in [-0.3, -0.25) is 9.78 Å². The van der Waals surface area contributed by atoms with Crippen molar-refractivity contribution in [2.75, 3.05) is 0 Å². The topological polar surface area (TPSA) is 30.0 Å². The van der Waals surface area contributed by atoms with Crippen molar-refractivity contribution in [3.8, 4) is 0 Å². The number of hydrogen-bond donors (Lipinski definition) is 0. The first-order chi connectivity index (χ1) is 10.5. The minimum absolute atomic E-state index is 0.0148. The molecule has 0 aliphatic heterocycles. The van der Waals surface area contributed by atoms with Crippen molar-refractivity contribution in [2.45, 2.75) is 26.2 Å². The van der Waals surface area contributed by atoms with Gasteiger partial charge in [-0.15, -0.1) is 0 Å². The average molecular weight is 291 g/mol. The molecule has 0 N–H and O–H groups in total. The molecular weight excluding hydrogens is 270 g/mol. The maximum absolute atomic E-state index is 12.8. The molecule has 0 unspecified atom stereocenters. The van der Waals surface area contributed by atoms with Gasteiger partial charge in [0.2, 0.25) is 0 Å². The lowest BCUT2D eigenvalue weighted by atomic mass is 9.49. The Hall–Kier alpha value is -2.22. The molecule has 22 heavy (non-hydrogen) atoms. The molecule has 3 atom stereocenters. The number of ketones is 1. The SMILES string of the molecule is C=C(C)[C@]1(C)C[C@H](C(=O)c2ccccn2)[C@H]1c1ccccc1. The van der Waals surface area contributed by atoms with Crippen LogP contribution in [-0.2, 0) is 0 Å². The molecule has 1 aliphatic carbocycles. The third-order valence-corrected chi connectivity index (χ3v) is 5.12. The molecule has 0 amide bonds. The Labute approximate surface area is 131 Å². The maximum Gasteiger partial charge on any atom is 0.184 e. The van der Waals surface area contributed by atoms with Gasteiger partial charge < -0.3 is 0 Å². The minimum atomic E-state index is -0.0174. The summed E-state index contributed by atoms with van der Waals surface area (Å²) in [5.74, 6) is 0.313. The molecule has 0 bridgehead atoms. The van der Waals surface area contributed by atoms with Gasteiger partial charge in [-0.25, -0.2) is 0 Å². The molecular formula is C20H21NO. The molecule has 0 spiro atoms. The zero-order valence-electron chi connectivity index (χ0n) is 13.1. The highest BCUT2D eigenvalue weighted by Gasteiger charge is 2.54. The standard InChI is InChI=1S/C20H21NO/c1-14(2)20(3)13-16(18(20)15-9-5-4-6-10-15)19(22)17-11-7-8-12-21-17/h4-12,16,18H,1,13H2,2-3H3/t16-,18+,20-/m0/s1. The van der Waals surface area contributed by atoms with E-state index in [0.717, 1.165) is 12.0 Å². The van der Waals surface area contributed by atoms with Crippen LogP contribution in [0.1, 0.15) is 42.2 Å². The van der Waals surface area contributed by atoms with Gasteiger partial charge in [-0.1, -0.05) is 55.5 Å². The summed E-state index contributed by atoms with van der Waals surface area (Å²) in [6.45, 7) is 8.45. The van der Waals surface area contributed by atoms with Crippen LogP contribution in [-0.4, -0.2) is 10.8 Å². The maximum atomic E-state index is 12.8. The van der Waals surface area contributed by atoms with Crippen LogP contribution >= 0.6 is 0 Å². The van der Waals surface area contributed by atoms with Crippen molar-refractivity contribution >= 4 is 5.78 Å². The quantitative estimate of drug-likeness (QED) is 0.606. The van der Waals surface area contributed by atoms with Crippen molar-refractivity contribution < 1.29 is 4.79 Å². The fourth-order valence-electron chi connectivity index (χ4n) is 3.63. The number of hydrogen-bond acceptors (Lipinski definition) is 2. The molecule has 3 rings (SSSR count). The molecule has 1 aliphatic rings. The van der Waals surface area contributed by atoms with E-state index in [2.05, 4.69) is 37.5 Å². The van der Waals surface area contributed by atoms with Gasteiger partial charge in [0.25, 0.3) is 0 Å². The first-order valence-electron chi connectivity index (χ1n) is 7.70. The molecule has 2 heteroatoms. The van der Waals surface area contributed by atoms with Gasteiger partial charge in [0.1, 0.15) is 5.69 Å². The Kier molecular flexibility index (Phi) is 3.69. The van der Waals surface area contributed by atoms with Crippen molar-refractivity contribution in [3.05, 3.63) is 78.1 Å². The molecule has 1 fully saturated rings. The first kappa shape index (κ1) is 14.7. The van der Waals surface area contributed by atoms with E-state index in [0.29, 0.717) is 5.69 Å². The van der Waals surface area contributed by atoms with Gasteiger partial charge in [-0.2, -0.15) is 0 Å². The molecule has 112 valence electrons. The molecule has 1 aromatic heterocycles. The summed E-state index contributed by atoms with van der Waals surface area (Å²) in [4.78, 5) is 17.1. The van der Waals surface area contributed by atoms with Gasteiger partial charge in [0.15, 0.2) is 5.78 Å². The number of pyridine rings is 1. The summed E-state index contributed by atoms with van der Waals surface area (Å²) in [5.41, 5.74) is 2.91. The number of benzene rings is 1. The highest BCUT2D eigenvalue weighted by Crippen LogP contribution is 2.60. The minimum Gasteiger partial charge on any atom is -0.292 e. The second-order valence-electron chi connectivity index (χ2n) is 6.48. The Bertz CT molecular complexity index is 692. The fraction of sp³-hybridized carbons (Fsp3) is 0.300. The van der Waals surface area contributed by atoms with E-state index in [1.54, 1.807) is 12.3 Å². The van der Waals surface area contributed by atoms with Crippen molar-refractivity contribution in [1.82, 2.24) is 4.98 Å². The molecule has 0 saturated heterocycles. The van der Waals surface area contributed by atoms with Gasteiger partial charge >= 0.3 is 0 Å². The molecule has 0 radical (unpaired) electrons. The smallest absolute Gasteiger partial charge is 0.184 e. The predicted molar refractivity (Wildman–Crippen MR) is 88.8 cm³/mol. The highest BCUT2D eigenvalue weighted by atomic mass is 16.1. The van der Waals surface area contributed by atoms with Crippen LogP contribution in [0, 0.1) is 11.3 Å². The zero-order valence-corrected chi connectivity index (χ0v) is 13.1. The van der Waals surface area contributed by atoms with E-state index in [9.17, 15) is 4.79 Å². The lowest BCUT2D eigenvalue weighted by Crippen LogP contribution is -2.48. The lowest BCUT2D eigenvalue weighted by molar-refractivity contribution is 0.0475. The number of allylic oxidation sites excluding steroid dienone is 1. The monoisotopic (exact) mass is 291 g/mol. The van der Waals surface area contributed by atoms with E-state index < -0.39 is 0 Å². The van der Waals surface area contributed by atoms with E-state index in [1.807, 2.05) is 30.3 Å². The van der Waals surface area contributed by atoms with Crippen molar-refractivity contribution in [1.29, 1.82) is 0 Å². The summed E-state index contributed by atoms with van der Waals surface area (Å²) in [6, 6.07) is 15.8. The van der Waals surface area contributed by atoms with Crippen LogP contribution in [0.15, 0.2) is 66.9 Å². The Morgan fingerprint density at radius 1 is 1.18 bits per heavy atom. The van der Waals surface area contributed by atoms with E-state index in [1.165, 1.54) is 5.56 Å². The van der Waals surface area contributed by atoms with Crippen molar-refractivity contribution in [3.63, 3.8) is 0 Å². The van der Waals surface area contributed by atoms with Crippen molar-refractivity contribution in [2.24, 2.45) is 11.3 Å². The summed E-state index contributed by atoms with van der Waals surface area (Å²) in [5, 5.41) is 0. The van der Waals surface area contributed by atoms with Crippen LogP contribution < -0.4 is 0 Å². The van der Waals surface area contributed by atoms with Gasteiger partial charge in [0, 0.05) is 18.0 Å². The number of carbonyl (C=O) groups excluding carboxylic acids is 1. The van der Waals surface area contributed by atoms with Crippen LogP contribution in [0.3, 0.4) is 0 Å². The number of carbonyl (C=O) groups is 1. The Morgan fingerprint density at radius 2 is 1.86 bits per heavy atom. The van der Waals surface area contributed by atoms with Crippen LogP contribution in [0.4, 0.5) is 0 Å². The molecule has 1 heterocycles. The van der Waals surface area contributed by atoms with Crippen LogP contribution in [0.2, 0.25) is 0 Å². The number of Topliss-reactive ketones (excluding diaryl/α,β-unsaturated/α-hetero) is 1. The predicted octanol–water partition coefficient (Wildman–Crippen LogP) is 4.65. The summed E-state index contributed by atoms with van der Waals surface area (Å²) >= 11 is 0. The Balaban J connectivity index is 1.96. The zero-order chi connectivity index (χ0) is 15.7. The van der Waals surface area contributed by atoms with Crippen LogP contribution in [0.25, 0.3) is 0 Å². The highest BCUT2D eigenvalue weighted by molar-refractivity contribution is 5.97. The van der Waals surface area contributed by atoms with Gasteiger partial charge in [-0.05, 0) is 36.5 Å². The largest absolute Gasteiger partial charge is 0.292 e. The molecule has 2 nitrogen and oxygen atoms in total. The second-order valence-corrected chi connectivity index (χ2v) is 6.48. The summed E-state index contributed by atoms with van der Waals surface area (Å²) in [7, 11) is 0. The number of aromatic nitrogens is 1. The molecule has 1 saturated carbocycles. The third-order valence-electron chi connectivity index (χ3n) is 5.12. The first-order valence-corrected chi connectivity index (χ1v) is 7.70. The van der Waals surface area contributed by atoms with Gasteiger partial charge in [0.05, 0.1) is 0 Å². The summed E-state index contributed by atoms with van der Waals surface area (Å²) in [6.07, 6.45) is 2.53. The van der Waals surface area contributed by atoms with E-state index >= 15 is 0 Å². The summed E-state index contributed by atoms with van der Waals surface area (Å²) < 4.78 is 0. The normalized spacial score (nSPS) is 27.0. The Morgan fingerprint density at radius 3 is 2.45 bits per heavy atom. The third kappa shape index (κ3) is 2.29. The molecule has 2 aromatic rings. The lowest BCUT2D eigenvalue weighted by Gasteiger charge is -2.53. The average Bonchev–Trinajstić information content (AvgIpc) is 2.53. The molecule has 1 aromatic carbocycles. The fourth-order valence-corrected chi connectivity index (χ4v) is 3.63. The second kappa shape index (κ2) is 5.53. The number of nitrogens with zero attached hydrogens (tertiary/aromatic N) is 1.